The molecule has 6 aromatic rings. The number of benzene rings is 3. The minimum atomic E-state index is 0. The molecule has 3 aromatic carbocycles. The first kappa shape index (κ1) is 31.8. The third-order valence-corrected chi connectivity index (χ3v) is 7.41. The number of hydrogen-bond donors (Lipinski definition) is 2. The normalized spacial score (nSPS) is 11.4. The summed E-state index contributed by atoms with van der Waals surface area (Å²) in [4.78, 5) is 16.0. The van der Waals surface area contributed by atoms with Gasteiger partial charge in [-0.3, -0.25) is 0 Å². The molecule has 0 saturated heterocycles. The SMILES string of the molecule is C1=Cc2cc3ccc(cc4nc(cc5ccc(cc1n2)[nH]5)C=C4)[nH]3.[Cd].[SiH4].c1ccc2c(c1)Cc1ccccc1-2.c1ccccc1. The number of hydrogen-bond acceptors (Lipinski definition) is 2. The number of rotatable bonds is 0. The van der Waals surface area contributed by atoms with E-state index in [4.69, 9.17) is 0 Å². The number of nitrogens with one attached hydrogen (secondary N) is 2. The number of fused-ring (bicyclic) bond motifs is 11. The van der Waals surface area contributed by atoms with Crippen LogP contribution in [0.25, 0.3) is 57.5 Å². The first-order valence-electron chi connectivity index (χ1n) is 14.5. The van der Waals surface area contributed by atoms with Crippen LogP contribution in [0.1, 0.15) is 33.9 Å². The Morgan fingerprint density at radius 2 is 0.711 bits per heavy atom. The minimum absolute atomic E-state index is 0. The van der Waals surface area contributed by atoms with Crippen molar-refractivity contribution in [2.24, 2.45) is 0 Å². The van der Waals surface area contributed by atoms with Crippen molar-refractivity contribution < 1.29 is 27.3 Å². The van der Waals surface area contributed by atoms with Gasteiger partial charge in [0.1, 0.15) is 0 Å². The van der Waals surface area contributed by atoms with Gasteiger partial charge < -0.3 is 9.97 Å². The zero-order valence-electron chi connectivity index (χ0n) is 24.3. The van der Waals surface area contributed by atoms with Gasteiger partial charge in [0, 0.05) is 49.4 Å². The molecule has 8 bridgehead atoms. The second kappa shape index (κ2) is 14.9. The van der Waals surface area contributed by atoms with Gasteiger partial charge in [-0.2, -0.15) is 0 Å². The van der Waals surface area contributed by atoms with Crippen molar-refractivity contribution in [1.82, 2.24) is 19.9 Å². The second-order valence-corrected chi connectivity index (χ2v) is 10.6. The number of aromatic nitrogens is 4. The Kier molecular flexibility index (Phi) is 10.5. The van der Waals surface area contributed by atoms with Gasteiger partial charge in [-0.05, 0) is 112 Å². The summed E-state index contributed by atoms with van der Waals surface area (Å²) in [5, 5.41) is 0. The monoisotopic (exact) mass is 700 g/mol. The van der Waals surface area contributed by atoms with Gasteiger partial charge in [-0.1, -0.05) is 84.9 Å². The molecule has 6 heteroatoms. The fourth-order valence-corrected chi connectivity index (χ4v) is 5.41. The fraction of sp³-hybridized carbons (Fsp3) is 0.0256. The molecule has 0 radical (unpaired) electrons. The van der Waals surface area contributed by atoms with Crippen LogP contribution < -0.4 is 0 Å². The Hall–Kier alpha value is -4.60. The molecule has 3 aromatic heterocycles. The van der Waals surface area contributed by atoms with Crippen LogP contribution in [0.2, 0.25) is 0 Å². The molecule has 45 heavy (non-hydrogen) atoms. The maximum absolute atomic E-state index is 4.63. The molecule has 1 aliphatic carbocycles. The number of H-pyrrole nitrogens is 2. The standard InChI is InChI=1S/C20H14N4.C13H10.C6H6.Cd.H4Si/c1-2-14-10-16-5-6-18(23-16)12-20-8-7-19(24-20)11-17-4-3-15(22-17)9-13(1)21-14;1-3-7-12-10(5-1)9-11-6-2-4-8-13(11)12;1-2-4-6-5-3-1;;/h1-12,21,24H;1-8H,9H2;1-6H;;1H4. The summed E-state index contributed by atoms with van der Waals surface area (Å²) in [5.41, 5.74) is 13.6. The van der Waals surface area contributed by atoms with E-state index in [1.807, 2.05) is 85.0 Å². The van der Waals surface area contributed by atoms with Crippen molar-refractivity contribution >= 4 is 57.3 Å². The Morgan fingerprint density at radius 3 is 1.04 bits per heavy atom. The zero-order chi connectivity index (χ0) is 28.8. The third-order valence-electron chi connectivity index (χ3n) is 7.41. The van der Waals surface area contributed by atoms with Crippen LogP contribution in [-0.2, 0) is 33.7 Å². The van der Waals surface area contributed by atoms with E-state index in [9.17, 15) is 0 Å². The van der Waals surface area contributed by atoms with Crippen LogP contribution in [0.3, 0.4) is 0 Å². The molecular weight excluding hydrogens is 665 g/mol. The van der Waals surface area contributed by atoms with E-state index >= 15 is 0 Å². The van der Waals surface area contributed by atoms with Crippen LogP contribution in [0, 0.1) is 0 Å². The summed E-state index contributed by atoms with van der Waals surface area (Å²) >= 11 is 0. The first-order valence-corrected chi connectivity index (χ1v) is 14.5. The predicted octanol–water partition coefficient (Wildman–Crippen LogP) is 8.15. The Bertz CT molecular complexity index is 1880. The van der Waals surface area contributed by atoms with Crippen LogP contribution in [-0.4, -0.2) is 30.9 Å². The van der Waals surface area contributed by atoms with Crippen molar-refractivity contribution in [2.75, 3.05) is 0 Å². The van der Waals surface area contributed by atoms with E-state index in [1.165, 1.54) is 22.3 Å². The summed E-state index contributed by atoms with van der Waals surface area (Å²) in [5.74, 6) is 0. The van der Waals surface area contributed by atoms with Gasteiger partial charge in [-0.25, -0.2) is 9.97 Å². The van der Waals surface area contributed by atoms with Crippen LogP contribution in [0.4, 0.5) is 0 Å². The van der Waals surface area contributed by atoms with Crippen LogP contribution in [0.5, 0.6) is 0 Å². The van der Waals surface area contributed by atoms with Gasteiger partial charge >= 0.3 is 0 Å². The van der Waals surface area contributed by atoms with Gasteiger partial charge in [-0.15, -0.1) is 0 Å². The van der Waals surface area contributed by atoms with Crippen LogP contribution in [0.15, 0.2) is 133 Å². The minimum Gasteiger partial charge on any atom is -0.355 e. The molecule has 9 rings (SSSR count). The molecule has 0 atom stereocenters. The van der Waals surface area contributed by atoms with Gasteiger partial charge in [0.15, 0.2) is 0 Å². The van der Waals surface area contributed by atoms with Crippen molar-refractivity contribution in [3.05, 3.63) is 167 Å². The van der Waals surface area contributed by atoms with Gasteiger partial charge in [0.05, 0.1) is 22.8 Å². The number of aromatic amines is 2. The molecule has 0 spiro atoms. The van der Waals surface area contributed by atoms with Crippen LogP contribution >= 0.6 is 0 Å². The largest absolute Gasteiger partial charge is 0.355 e. The van der Waals surface area contributed by atoms with E-state index in [2.05, 4.69) is 92.7 Å². The van der Waals surface area contributed by atoms with Crippen molar-refractivity contribution in [2.45, 2.75) is 6.42 Å². The van der Waals surface area contributed by atoms with E-state index in [-0.39, 0.29) is 38.3 Å². The van der Waals surface area contributed by atoms with E-state index in [1.54, 1.807) is 0 Å². The predicted molar refractivity (Wildman–Crippen MR) is 191 cm³/mol. The van der Waals surface area contributed by atoms with Crippen molar-refractivity contribution in [1.29, 1.82) is 0 Å². The number of nitrogens with zero attached hydrogens (tertiary/aromatic N) is 2. The molecule has 2 N–H and O–H groups in total. The summed E-state index contributed by atoms with van der Waals surface area (Å²) < 4.78 is 0. The summed E-state index contributed by atoms with van der Waals surface area (Å²) in [7, 11) is 0. The maximum atomic E-state index is 4.63. The molecule has 216 valence electrons. The van der Waals surface area contributed by atoms with Crippen molar-refractivity contribution in [3.8, 4) is 11.1 Å². The fourth-order valence-electron chi connectivity index (χ4n) is 5.41. The van der Waals surface area contributed by atoms with Crippen molar-refractivity contribution in [3.63, 3.8) is 0 Å². The molecular formula is C39H34CdN4Si. The average Bonchev–Trinajstić information content (AvgIpc) is 3.88. The summed E-state index contributed by atoms with van der Waals surface area (Å²) in [6.07, 6.45) is 9.19. The molecule has 0 fully saturated rings. The Morgan fingerprint density at radius 1 is 0.400 bits per heavy atom. The smallest absolute Gasteiger partial charge is 0.0658 e. The zero-order valence-corrected chi connectivity index (χ0v) is 28.4. The van der Waals surface area contributed by atoms with E-state index < -0.39 is 0 Å². The Labute approximate surface area is 287 Å². The first-order chi connectivity index (χ1) is 21.2. The third kappa shape index (κ3) is 7.92. The molecule has 2 aliphatic heterocycles. The molecule has 0 amide bonds. The molecule has 4 nitrogen and oxygen atoms in total. The molecule has 0 saturated carbocycles. The van der Waals surface area contributed by atoms with Gasteiger partial charge in [0.25, 0.3) is 0 Å². The molecule has 0 unspecified atom stereocenters. The van der Waals surface area contributed by atoms with Gasteiger partial charge in [0.2, 0.25) is 0 Å². The molecule has 5 heterocycles. The van der Waals surface area contributed by atoms with E-state index in [0.29, 0.717) is 0 Å². The maximum Gasteiger partial charge on any atom is 0.0658 e. The Balaban J connectivity index is 0.000000160. The van der Waals surface area contributed by atoms with E-state index in [0.717, 1.165) is 51.3 Å². The molecule has 3 aliphatic rings. The second-order valence-electron chi connectivity index (χ2n) is 10.6. The average molecular weight is 699 g/mol. The topological polar surface area (TPSA) is 57.4 Å². The quantitative estimate of drug-likeness (QED) is 0.157. The summed E-state index contributed by atoms with van der Waals surface area (Å²) in [6, 6.07) is 45.7. The summed E-state index contributed by atoms with van der Waals surface area (Å²) in [6.45, 7) is 0.